The molecule has 0 aliphatic rings. The van der Waals surface area contributed by atoms with Crippen molar-refractivity contribution in [3.63, 3.8) is 0 Å². The summed E-state index contributed by atoms with van der Waals surface area (Å²) in [7, 11) is 0. The average molecular weight is 505 g/mol. The number of hydrogen-bond donors (Lipinski definition) is 1. The number of rotatable bonds is 12. The smallest absolute Gasteiger partial charge is 0.261 e. The minimum absolute atomic E-state index is 0.0392. The zero-order valence-electron chi connectivity index (χ0n) is 22.1. The molecule has 0 fully saturated rings. The minimum atomic E-state index is -0.766. The van der Waals surface area contributed by atoms with Gasteiger partial charge in [0.2, 0.25) is 5.91 Å². The Balaban J connectivity index is 1.93. The van der Waals surface area contributed by atoms with Crippen LogP contribution in [0.2, 0.25) is 0 Å². The predicted octanol–water partition coefficient (Wildman–Crippen LogP) is 5.88. The van der Waals surface area contributed by atoms with Crippen molar-refractivity contribution in [1.82, 2.24) is 10.2 Å². The lowest BCUT2D eigenvalue weighted by Crippen LogP contribution is -2.53. The molecule has 0 radical (unpaired) electrons. The number of hydrogen-bond acceptors (Lipinski definition) is 3. The van der Waals surface area contributed by atoms with Crippen LogP contribution in [-0.2, 0) is 22.6 Å². The first kappa shape index (κ1) is 27.9. The molecule has 6 heteroatoms. The van der Waals surface area contributed by atoms with E-state index < -0.39 is 6.04 Å². The Hall–Kier alpha value is -3.67. The molecule has 0 heterocycles. The zero-order valence-corrected chi connectivity index (χ0v) is 22.1. The number of carbonyl (C=O) groups excluding carboxylic acids is 2. The van der Waals surface area contributed by atoms with Gasteiger partial charge in [-0.1, -0.05) is 81.4 Å². The van der Waals surface area contributed by atoms with E-state index in [0.717, 1.165) is 23.1 Å². The summed E-state index contributed by atoms with van der Waals surface area (Å²) < 4.78 is 19.6. The maximum Gasteiger partial charge on any atom is 0.261 e. The fourth-order valence-electron chi connectivity index (χ4n) is 4.09. The molecule has 0 bridgehead atoms. The van der Waals surface area contributed by atoms with Gasteiger partial charge in [-0.2, -0.15) is 0 Å². The van der Waals surface area contributed by atoms with Crippen molar-refractivity contribution in [3.8, 4) is 5.75 Å². The van der Waals surface area contributed by atoms with Crippen molar-refractivity contribution < 1.29 is 18.7 Å². The Kier molecular flexibility index (Phi) is 10.2. The first-order chi connectivity index (χ1) is 17.8. The summed E-state index contributed by atoms with van der Waals surface area (Å²) in [5.41, 5.74) is 2.68. The Morgan fingerprint density at radius 2 is 1.54 bits per heavy atom. The van der Waals surface area contributed by atoms with Gasteiger partial charge < -0.3 is 15.0 Å². The standard InChI is InChI=1S/C31H37FN2O3/c1-5-23(4)33-31(36)28(19-24-11-7-6-8-12-24)34(20-25-15-17-26(32)18-16-25)30(35)21-37-29-14-10-9-13-27(29)22(2)3/h6-18,22-23,28H,5,19-21H2,1-4H3,(H,33,36)/t23-,28-/m0/s1. The number of amides is 2. The molecule has 196 valence electrons. The minimum Gasteiger partial charge on any atom is -0.483 e. The lowest BCUT2D eigenvalue weighted by molar-refractivity contribution is -0.143. The lowest BCUT2D eigenvalue weighted by Gasteiger charge is -2.32. The van der Waals surface area contributed by atoms with E-state index in [0.29, 0.717) is 12.2 Å². The Morgan fingerprint density at radius 3 is 2.19 bits per heavy atom. The van der Waals surface area contributed by atoms with Crippen LogP contribution in [0.5, 0.6) is 5.75 Å². The van der Waals surface area contributed by atoms with Gasteiger partial charge in [-0.15, -0.1) is 0 Å². The summed E-state index contributed by atoms with van der Waals surface area (Å²) in [5.74, 6) is -0.0185. The summed E-state index contributed by atoms with van der Waals surface area (Å²) in [4.78, 5) is 28.8. The van der Waals surface area contributed by atoms with Gasteiger partial charge in [0, 0.05) is 19.0 Å². The van der Waals surface area contributed by atoms with E-state index in [1.54, 1.807) is 17.0 Å². The van der Waals surface area contributed by atoms with Gasteiger partial charge in [0.1, 0.15) is 17.6 Å². The van der Waals surface area contributed by atoms with Gasteiger partial charge in [0.25, 0.3) is 5.91 Å². The van der Waals surface area contributed by atoms with Crippen LogP contribution < -0.4 is 10.1 Å². The molecule has 3 rings (SSSR count). The monoisotopic (exact) mass is 504 g/mol. The highest BCUT2D eigenvalue weighted by atomic mass is 19.1. The highest BCUT2D eigenvalue weighted by Crippen LogP contribution is 2.26. The van der Waals surface area contributed by atoms with Gasteiger partial charge in [-0.05, 0) is 54.2 Å². The highest BCUT2D eigenvalue weighted by Gasteiger charge is 2.31. The molecule has 0 spiro atoms. The number of halogens is 1. The van der Waals surface area contributed by atoms with E-state index in [4.69, 9.17) is 4.74 Å². The molecule has 1 N–H and O–H groups in total. The zero-order chi connectivity index (χ0) is 26.8. The molecule has 0 saturated heterocycles. The van der Waals surface area contributed by atoms with Crippen molar-refractivity contribution in [2.75, 3.05) is 6.61 Å². The quantitative estimate of drug-likeness (QED) is 0.335. The Morgan fingerprint density at radius 1 is 0.892 bits per heavy atom. The normalized spacial score (nSPS) is 12.6. The number of carbonyl (C=O) groups is 2. The summed E-state index contributed by atoms with van der Waals surface area (Å²) >= 11 is 0. The summed E-state index contributed by atoms with van der Waals surface area (Å²) in [6, 6.07) is 22.5. The molecule has 2 amide bonds. The Bertz CT molecular complexity index is 1150. The second-order valence-corrected chi connectivity index (χ2v) is 9.65. The SMILES string of the molecule is CC[C@H](C)NC(=O)[C@H](Cc1ccccc1)N(Cc1ccc(F)cc1)C(=O)COc1ccccc1C(C)C. The summed E-state index contributed by atoms with van der Waals surface area (Å²) in [5, 5.41) is 3.04. The molecular weight excluding hydrogens is 467 g/mol. The molecule has 0 unspecified atom stereocenters. The van der Waals surface area contributed by atoms with Crippen LogP contribution >= 0.6 is 0 Å². The Labute approximate surface area is 219 Å². The molecule has 0 saturated carbocycles. The molecular formula is C31H37FN2O3. The molecule has 3 aromatic rings. The fourth-order valence-corrected chi connectivity index (χ4v) is 4.09. The highest BCUT2D eigenvalue weighted by molar-refractivity contribution is 5.88. The van der Waals surface area contributed by atoms with Gasteiger partial charge >= 0.3 is 0 Å². The van der Waals surface area contributed by atoms with Crippen LogP contribution in [0.15, 0.2) is 78.9 Å². The number of ether oxygens (including phenoxy) is 1. The van der Waals surface area contributed by atoms with Gasteiger partial charge in [0.05, 0.1) is 0 Å². The summed E-state index contributed by atoms with van der Waals surface area (Å²) in [6.45, 7) is 8.01. The van der Waals surface area contributed by atoms with E-state index in [2.05, 4.69) is 19.2 Å². The first-order valence-corrected chi connectivity index (χ1v) is 12.9. The molecule has 0 aliphatic heterocycles. The third-order valence-electron chi connectivity index (χ3n) is 6.43. The van der Waals surface area contributed by atoms with Crippen LogP contribution in [0.3, 0.4) is 0 Å². The second-order valence-electron chi connectivity index (χ2n) is 9.65. The number of nitrogens with zero attached hydrogens (tertiary/aromatic N) is 1. The second kappa shape index (κ2) is 13.6. The van der Waals surface area contributed by atoms with Crippen molar-refractivity contribution in [2.24, 2.45) is 0 Å². The average Bonchev–Trinajstić information content (AvgIpc) is 2.90. The maximum atomic E-state index is 13.7. The molecule has 3 aromatic carbocycles. The van der Waals surface area contributed by atoms with Crippen molar-refractivity contribution in [2.45, 2.75) is 65.1 Å². The third-order valence-corrected chi connectivity index (χ3v) is 6.43. The van der Waals surface area contributed by atoms with Crippen molar-refractivity contribution in [3.05, 3.63) is 101 Å². The number of benzene rings is 3. The third kappa shape index (κ3) is 8.17. The van der Waals surface area contributed by atoms with Crippen LogP contribution in [0.25, 0.3) is 0 Å². The number of nitrogens with one attached hydrogen (secondary N) is 1. The molecule has 0 aliphatic carbocycles. The number of para-hydroxylation sites is 1. The molecule has 0 aromatic heterocycles. The van der Waals surface area contributed by atoms with Crippen LogP contribution in [0, 0.1) is 5.82 Å². The fraction of sp³-hybridized carbons (Fsp3) is 0.355. The van der Waals surface area contributed by atoms with Gasteiger partial charge in [0.15, 0.2) is 6.61 Å². The lowest BCUT2D eigenvalue weighted by atomic mass is 10.0. The first-order valence-electron chi connectivity index (χ1n) is 12.9. The van der Waals surface area contributed by atoms with Crippen LogP contribution in [-0.4, -0.2) is 35.4 Å². The molecule has 5 nitrogen and oxygen atoms in total. The van der Waals surface area contributed by atoms with E-state index in [9.17, 15) is 14.0 Å². The molecule has 2 atom stereocenters. The largest absolute Gasteiger partial charge is 0.483 e. The predicted molar refractivity (Wildman–Crippen MR) is 145 cm³/mol. The maximum absolute atomic E-state index is 13.7. The van der Waals surface area contributed by atoms with Crippen LogP contribution in [0.4, 0.5) is 4.39 Å². The van der Waals surface area contributed by atoms with Crippen LogP contribution in [0.1, 0.15) is 56.7 Å². The van der Waals surface area contributed by atoms with E-state index in [1.165, 1.54) is 12.1 Å². The molecule has 37 heavy (non-hydrogen) atoms. The van der Waals surface area contributed by atoms with E-state index in [1.807, 2.05) is 68.4 Å². The van der Waals surface area contributed by atoms with E-state index in [-0.39, 0.29) is 42.7 Å². The van der Waals surface area contributed by atoms with Crippen molar-refractivity contribution in [1.29, 1.82) is 0 Å². The van der Waals surface area contributed by atoms with Gasteiger partial charge in [-0.3, -0.25) is 9.59 Å². The summed E-state index contributed by atoms with van der Waals surface area (Å²) in [6.07, 6.45) is 1.11. The van der Waals surface area contributed by atoms with Crippen molar-refractivity contribution >= 4 is 11.8 Å². The topological polar surface area (TPSA) is 58.6 Å². The van der Waals surface area contributed by atoms with E-state index >= 15 is 0 Å². The van der Waals surface area contributed by atoms with Gasteiger partial charge in [-0.25, -0.2) is 4.39 Å².